The summed E-state index contributed by atoms with van der Waals surface area (Å²) in [6, 6.07) is 0.414. The van der Waals surface area contributed by atoms with Gasteiger partial charge >= 0.3 is 0 Å². The molecule has 0 aromatic carbocycles. The highest BCUT2D eigenvalue weighted by molar-refractivity contribution is 5.79. The van der Waals surface area contributed by atoms with E-state index >= 15 is 0 Å². The van der Waals surface area contributed by atoms with E-state index in [0.29, 0.717) is 18.1 Å². The first-order valence-electron chi connectivity index (χ1n) is 7.80. The molecule has 2 atom stereocenters. The fraction of sp³-hybridized carbons (Fsp3) is 0.933. The van der Waals surface area contributed by atoms with Gasteiger partial charge in [0.15, 0.2) is 5.96 Å². The summed E-state index contributed by atoms with van der Waals surface area (Å²) in [7, 11) is 1.80. The quantitative estimate of drug-likeness (QED) is 0.405. The summed E-state index contributed by atoms with van der Waals surface area (Å²) >= 11 is 0. The summed E-state index contributed by atoms with van der Waals surface area (Å²) in [6.45, 7) is 9.83. The zero-order valence-corrected chi connectivity index (χ0v) is 13.4. The van der Waals surface area contributed by atoms with Crippen molar-refractivity contribution >= 4 is 5.96 Å². The Bertz CT molecular complexity index is 276. The third-order valence-corrected chi connectivity index (χ3v) is 3.67. The van der Waals surface area contributed by atoms with Crippen LogP contribution in [0.3, 0.4) is 0 Å². The molecule has 1 saturated heterocycles. The minimum Gasteiger partial charge on any atom is -0.379 e. The number of guanidine groups is 1. The summed E-state index contributed by atoms with van der Waals surface area (Å²) in [5.41, 5.74) is 0. The Kier molecular flexibility index (Phi) is 8.62. The first-order valence-corrected chi connectivity index (χ1v) is 7.80. The number of ether oxygens (including phenoxy) is 2. The van der Waals surface area contributed by atoms with Gasteiger partial charge in [0.05, 0.1) is 12.7 Å². The third-order valence-electron chi connectivity index (χ3n) is 3.67. The Morgan fingerprint density at radius 1 is 1.40 bits per heavy atom. The van der Waals surface area contributed by atoms with E-state index in [-0.39, 0.29) is 0 Å². The van der Waals surface area contributed by atoms with Crippen LogP contribution in [0.2, 0.25) is 0 Å². The summed E-state index contributed by atoms with van der Waals surface area (Å²) in [4.78, 5) is 4.22. The van der Waals surface area contributed by atoms with E-state index in [2.05, 4.69) is 36.4 Å². The topological polar surface area (TPSA) is 54.9 Å². The molecule has 5 nitrogen and oxygen atoms in total. The first-order chi connectivity index (χ1) is 9.63. The number of rotatable bonds is 8. The van der Waals surface area contributed by atoms with Crippen molar-refractivity contribution in [1.82, 2.24) is 10.6 Å². The van der Waals surface area contributed by atoms with Gasteiger partial charge in [-0.25, -0.2) is 0 Å². The third kappa shape index (κ3) is 7.10. The molecular weight excluding hydrogens is 254 g/mol. The van der Waals surface area contributed by atoms with Gasteiger partial charge < -0.3 is 20.1 Å². The van der Waals surface area contributed by atoms with Crippen molar-refractivity contribution in [3.05, 3.63) is 0 Å². The van der Waals surface area contributed by atoms with E-state index in [0.717, 1.165) is 45.2 Å². The molecule has 20 heavy (non-hydrogen) atoms. The van der Waals surface area contributed by atoms with Crippen molar-refractivity contribution in [1.29, 1.82) is 0 Å². The molecule has 1 rings (SSSR count). The van der Waals surface area contributed by atoms with Crippen molar-refractivity contribution in [2.75, 3.05) is 33.4 Å². The normalized spacial score (nSPS) is 21.2. The molecule has 1 fully saturated rings. The second kappa shape index (κ2) is 10.00. The second-order valence-electron chi connectivity index (χ2n) is 5.74. The summed E-state index contributed by atoms with van der Waals surface area (Å²) in [5.74, 6) is 1.45. The number of hydrogen-bond donors (Lipinski definition) is 2. The predicted molar refractivity (Wildman–Crippen MR) is 83.2 cm³/mol. The maximum atomic E-state index is 5.63. The molecule has 118 valence electrons. The number of hydrogen-bond acceptors (Lipinski definition) is 3. The molecule has 0 aromatic rings. The van der Waals surface area contributed by atoms with Crippen molar-refractivity contribution in [2.24, 2.45) is 10.9 Å². The molecule has 5 heteroatoms. The van der Waals surface area contributed by atoms with Gasteiger partial charge in [-0.15, -0.1) is 0 Å². The van der Waals surface area contributed by atoms with Gasteiger partial charge in [-0.05, 0) is 32.1 Å². The molecule has 0 radical (unpaired) electrons. The van der Waals surface area contributed by atoms with Crippen LogP contribution in [0.15, 0.2) is 4.99 Å². The average molecular weight is 285 g/mol. The fourth-order valence-electron chi connectivity index (χ4n) is 1.95. The fourth-order valence-corrected chi connectivity index (χ4v) is 1.95. The Morgan fingerprint density at radius 3 is 2.80 bits per heavy atom. The van der Waals surface area contributed by atoms with Crippen LogP contribution in [0.1, 0.15) is 40.0 Å². The molecule has 1 aliphatic rings. The minimum absolute atomic E-state index is 0.323. The standard InChI is InChI=1S/C15H31N3O2/c1-12(2)13(3)18-15(16-4)17-8-6-9-19-11-14-7-5-10-20-14/h12-14H,5-11H2,1-4H3,(H2,16,17,18). The van der Waals surface area contributed by atoms with Gasteiger partial charge in [0.1, 0.15) is 0 Å². The van der Waals surface area contributed by atoms with Crippen molar-refractivity contribution in [3.8, 4) is 0 Å². The SMILES string of the molecule is CN=C(NCCCOCC1CCCO1)NC(C)C(C)C. The highest BCUT2D eigenvalue weighted by Crippen LogP contribution is 2.11. The lowest BCUT2D eigenvalue weighted by molar-refractivity contribution is 0.0168. The van der Waals surface area contributed by atoms with Gasteiger partial charge in [0.25, 0.3) is 0 Å². The zero-order chi connectivity index (χ0) is 14.8. The van der Waals surface area contributed by atoms with Crippen LogP contribution in [0.5, 0.6) is 0 Å². The summed E-state index contributed by atoms with van der Waals surface area (Å²) in [6.07, 6.45) is 3.61. The zero-order valence-electron chi connectivity index (χ0n) is 13.4. The minimum atomic E-state index is 0.323. The Labute approximate surface area is 123 Å². The van der Waals surface area contributed by atoms with Crippen LogP contribution in [-0.4, -0.2) is 51.5 Å². The average Bonchev–Trinajstić information content (AvgIpc) is 2.94. The molecule has 0 saturated carbocycles. The van der Waals surface area contributed by atoms with Gasteiger partial charge in [-0.3, -0.25) is 4.99 Å². The number of nitrogens with zero attached hydrogens (tertiary/aromatic N) is 1. The van der Waals surface area contributed by atoms with Crippen LogP contribution in [0.4, 0.5) is 0 Å². The lowest BCUT2D eigenvalue weighted by Crippen LogP contribution is -2.44. The number of nitrogens with one attached hydrogen (secondary N) is 2. The Morgan fingerprint density at radius 2 is 2.20 bits per heavy atom. The lowest BCUT2D eigenvalue weighted by Gasteiger charge is -2.20. The maximum absolute atomic E-state index is 5.63. The lowest BCUT2D eigenvalue weighted by atomic mass is 10.1. The number of aliphatic imine (C=N–C) groups is 1. The van der Waals surface area contributed by atoms with E-state index in [1.165, 1.54) is 6.42 Å². The van der Waals surface area contributed by atoms with E-state index in [9.17, 15) is 0 Å². The second-order valence-corrected chi connectivity index (χ2v) is 5.74. The summed E-state index contributed by atoms with van der Waals surface area (Å²) in [5, 5.41) is 6.69. The molecule has 0 aliphatic carbocycles. The largest absolute Gasteiger partial charge is 0.379 e. The molecule has 0 bridgehead atoms. The monoisotopic (exact) mass is 285 g/mol. The molecule has 0 aromatic heterocycles. The molecule has 2 unspecified atom stereocenters. The van der Waals surface area contributed by atoms with E-state index < -0.39 is 0 Å². The van der Waals surface area contributed by atoms with Crippen molar-refractivity contribution < 1.29 is 9.47 Å². The maximum Gasteiger partial charge on any atom is 0.191 e. The Balaban J connectivity index is 2.01. The van der Waals surface area contributed by atoms with E-state index in [1.54, 1.807) is 7.05 Å². The molecule has 0 spiro atoms. The molecule has 0 amide bonds. The van der Waals surface area contributed by atoms with Crippen molar-refractivity contribution in [2.45, 2.75) is 52.2 Å². The summed E-state index contributed by atoms with van der Waals surface area (Å²) < 4.78 is 11.1. The first kappa shape index (κ1) is 17.2. The molecule has 1 aliphatic heterocycles. The van der Waals surface area contributed by atoms with E-state index in [1.807, 2.05) is 0 Å². The molecule has 1 heterocycles. The van der Waals surface area contributed by atoms with Crippen molar-refractivity contribution in [3.63, 3.8) is 0 Å². The van der Waals surface area contributed by atoms with Gasteiger partial charge in [-0.1, -0.05) is 13.8 Å². The van der Waals surface area contributed by atoms with Gasteiger partial charge in [-0.2, -0.15) is 0 Å². The predicted octanol–water partition coefficient (Wildman–Crippen LogP) is 1.78. The van der Waals surface area contributed by atoms with Crippen LogP contribution in [0.25, 0.3) is 0 Å². The molecular formula is C15H31N3O2. The Hall–Kier alpha value is -0.810. The van der Waals surface area contributed by atoms with Crippen LogP contribution >= 0.6 is 0 Å². The highest BCUT2D eigenvalue weighted by Gasteiger charge is 2.14. The smallest absolute Gasteiger partial charge is 0.191 e. The highest BCUT2D eigenvalue weighted by atomic mass is 16.5. The van der Waals surface area contributed by atoms with E-state index in [4.69, 9.17) is 9.47 Å². The van der Waals surface area contributed by atoms with Crippen LogP contribution in [0, 0.1) is 5.92 Å². The molecule has 2 N–H and O–H groups in total. The van der Waals surface area contributed by atoms with Crippen LogP contribution < -0.4 is 10.6 Å². The van der Waals surface area contributed by atoms with Gasteiger partial charge in [0, 0.05) is 32.8 Å². The van der Waals surface area contributed by atoms with Gasteiger partial charge in [0.2, 0.25) is 0 Å². The van der Waals surface area contributed by atoms with Crippen LogP contribution in [-0.2, 0) is 9.47 Å².